The minimum atomic E-state index is -0.765. The summed E-state index contributed by atoms with van der Waals surface area (Å²) in [5.74, 6) is 0.0680. The van der Waals surface area contributed by atoms with Gasteiger partial charge in [0.2, 0.25) is 6.29 Å². The molecule has 0 spiro atoms. The molecule has 3 N–H and O–H groups in total. The molecule has 1 aliphatic heterocycles. The van der Waals surface area contributed by atoms with Gasteiger partial charge in [0.15, 0.2) is 5.76 Å². The van der Waals surface area contributed by atoms with E-state index in [2.05, 4.69) is 10.3 Å². The van der Waals surface area contributed by atoms with Gasteiger partial charge in [-0.25, -0.2) is 4.68 Å². The van der Waals surface area contributed by atoms with Gasteiger partial charge in [-0.15, -0.1) is 0 Å². The fourth-order valence-electron chi connectivity index (χ4n) is 5.43. The minimum absolute atomic E-state index is 0.0812. The Morgan fingerprint density at radius 3 is 2.74 bits per heavy atom. The lowest BCUT2D eigenvalue weighted by molar-refractivity contribution is -0.151. The van der Waals surface area contributed by atoms with Gasteiger partial charge in [0, 0.05) is 54.3 Å². The fraction of sp³-hybridized carbons (Fsp3) is 0.375. The molecule has 0 saturated heterocycles. The van der Waals surface area contributed by atoms with Gasteiger partial charge in [0.25, 0.3) is 11.5 Å². The van der Waals surface area contributed by atoms with Crippen LogP contribution in [0.5, 0.6) is 5.75 Å². The van der Waals surface area contributed by atoms with E-state index in [9.17, 15) is 9.59 Å². The number of carbonyl (C=O) groups is 1. The fourth-order valence-corrected chi connectivity index (χ4v) is 5.43. The molecule has 228 valence electrons. The average molecular weight is 591 g/mol. The van der Waals surface area contributed by atoms with Crippen LogP contribution in [0.25, 0.3) is 16.6 Å². The third-order valence-corrected chi connectivity index (χ3v) is 7.67. The molecule has 3 heterocycles. The van der Waals surface area contributed by atoms with E-state index in [1.54, 1.807) is 17.9 Å². The van der Waals surface area contributed by atoms with Crippen molar-refractivity contribution in [3.05, 3.63) is 93.7 Å². The van der Waals surface area contributed by atoms with Gasteiger partial charge in [0.05, 0.1) is 39.2 Å². The van der Waals surface area contributed by atoms with Gasteiger partial charge in [-0.3, -0.25) is 14.3 Å². The maximum Gasteiger partial charge on any atom is 0.286 e. The molecule has 11 heteroatoms. The van der Waals surface area contributed by atoms with E-state index in [4.69, 9.17) is 24.1 Å². The molecule has 0 radical (unpaired) electrons. The van der Waals surface area contributed by atoms with Crippen molar-refractivity contribution < 1.29 is 28.8 Å². The highest BCUT2D eigenvalue weighted by Gasteiger charge is 2.33. The largest absolute Gasteiger partial charge is 0.497 e. The Balaban J connectivity index is 1.35. The van der Waals surface area contributed by atoms with Crippen molar-refractivity contribution in [3.8, 4) is 11.4 Å². The van der Waals surface area contributed by atoms with Crippen molar-refractivity contribution >= 4 is 16.8 Å². The highest BCUT2D eigenvalue weighted by atomic mass is 16.7. The lowest BCUT2D eigenvalue weighted by Gasteiger charge is -2.29. The number of rotatable bonds is 13. The molecule has 0 unspecified atom stereocenters. The first-order chi connectivity index (χ1) is 20.9. The Kier molecular flexibility index (Phi) is 9.65. The Bertz CT molecular complexity index is 1640. The molecule has 4 aromatic rings. The van der Waals surface area contributed by atoms with Crippen LogP contribution in [0.15, 0.2) is 71.4 Å². The van der Waals surface area contributed by atoms with Crippen LogP contribution >= 0.6 is 0 Å². The quantitative estimate of drug-likeness (QED) is 0.204. The minimum Gasteiger partial charge on any atom is -0.497 e. The van der Waals surface area contributed by atoms with Crippen LogP contribution in [0.2, 0.25) is 0 Å². The Morgan fingerprint density at radius 2 is 1.98 bits per heavy atom. The molecule has 5 rings (SSSR count). The summed E-state index contributed by atoms with van der Waals surface area (Å²) in [4.78, 5) is 30.4. The first-order valence-electron chi connectivity index (χ1n) is 14.4. The van der Waals surface area contributed by atoms with Crippen LogP contribution in [-0.4, -0.2) is 71.7 Å². The van der Waals surface area contributed by atoms with Crippen LogP contribution in [0.3, 0.4) is 0 Å². The summed E-state index contributed by atoms with van der Waals surface area (Å²) >= 11 is 0. The zero-order valence-electron chi connectivity index (χ0n) is 24.7. The average Bonchev–Trinajstić information content (AvgIpc) is 3.53. The normalized spacial score (nSPS) is 16.6. The number of ether oxygens (including phenoxy) is 4. The van der Waals surface area contributed by atoms with Crippen LogP contribution in [0.1, 0.15) is 29.2 Å². The monoisotopic (exact) mass is 590 g/mol. The second kappa shape index (κ2) is 13.8. The zero-order chi connectivity index (χ0) is 30.3. The van der Waals surface area contributed by atoms with Crippen LogP contribution in [-0.2, 0) is 32.5 Å². The third kappa shape index (κ3) is 6.69. The van der Waals surface area contributed by atoms with E-state index in [-0.39, 0.29) is 43.7 Å². The number of aliphatic hydroxyl groups excluding tert-OH is 1. The molecule has 1 amide bonds. The van der Waals surface area contributed by atoms with Crippen LogP contribution in [0, 0.1) is 6.92 Å². The molecule has 0 fully saturated rings. The van der Waals surface area contributed by atoms with E-state index in [0.717, 1.165) is 33.6 Å². The number of methoxy groups -OCH3 is 1. The van der Waals surface area contributed by atoms with Crippen molar-refractivity contribution in [2.24, 2.45) is 7.05 Å². The number of nitrogens with one attached hydrogen (secondary N) is 2. The number of nitrogens with zero attached hydrogens (tertiary/aromatic N) is 2. The number of amides is 1. The number of aromatic nitrogens is 3. The predicted octanol–water partition coefficient (Wildman–Crippen LogP) is 3.07. The second-order valence-corrected chi connectivity index (χ2v) is 10.3. The number of hydrogen-bond donors (Lipinski definition) is 3. The molecule has 43 heavy (non-hydrogen) atoms. The van der Waals surface area contributed by atoms with Gasteiger partial charge in [0.1, 0.15) is 5.75 Å². The molecule has 0 aliphatic carbocycles. The number of fused-ring (bicyclic) bond motifs is 1. The maximum atomic E-state index is 13.8. The number of allylic oxidation sites excluding steroid dienone is 1. The summed E-state index contributed by atoms with van der Waals surface area (Å²) in [6.07, 6.45) is 3.83. The number of benzene rings is 2. The van der Waals surface area contributed by atoms with Gasteiger partial charge >= 0.3 is 0 Å². The molecule has 2 aromatic carbocycles. The molecule has 0 bridgehead atoms. The smallest absolute Gasteiger partial charge is 0.286 e. The lowest BCUT2D eigenvalue weighted by atomic mass is 9.93. The van der Waals surface area contributed by atoms with Gasteiger partial charge < -0.3 is 34.4 Å². The first kappa shape index (κ1) is 30.1. The third-order valence-electron chi connectivity index (χ3n) is 7.67. The highest BCUT2D eigenvalue weighted by Crippen LogP contribution is 2.32. The van der Waals surface area contributed by atoms with Crippen molar-refractivity contribution in [3.63, 3.8) is 0 Å². The number of carbonyl (C=O) groups excluding carboxylic acids is 1. The van der Waals surface area contributed by atoms with E-state index < -0.39 is 12.2 Å². The van der Waals surface area contributed by atoms with E-state index in [1.807, 2.05) is 73.4 Å². The van der Waals surface area contributed by atoms with Gasteiger partial charge in [-0.1, -0.05) is 18.2 Å². The summed E-state index contributed by atoms with van der Waals surface area (Å²) in [5.41, 5.74) is 4.01. The number of H-pyrrole nitrogens is 1. The van der Waals surface area contributed by atoms with E-state index in [1.165, 1.54) is 0 Å². The molecule has 0 saturated carbocycles. The van der Waals surface area contributed by atoms with Crippen molar-refractivity contribution in [1.29, 1.82) is 0 Å². The molecule has 11 nitrogen and oxygen atoms in total. The Labute approximate surface area is 249 Å². The van der Waals surface area contributed by atoms with E-state index >= 15 is 0 Å². The van der Waals surface area contributed by atoms with Gasteiger partial charge in [-0.2, -0.15) is 0 Å². The topological polar surface area (TPSA) is 129 Å². The zero-order valence-corrected chi connectivity index (χ0v) is 24.7. The predicted molar refractivity (Wildman–Crippen MR) is 161 cm³/mol. The van der Waals surface area contributed by atoms with Crippen molar-refractivity contribution in [2.75, 3.05) is 40.1 Å². The molecule has 1 aliphatic rings. The number of aliphatic hydroxyl groups is 1. The van der Waals surface area contributed by atoms with Crippen LogP contribution < -0.4 is 15.6 Å². The van der Waals surface area contributed by atoms with Crippen molar-refractivity contribution in [1.82, 2.24) is 19.7 Å². The maximum absolute atomic E-state index is 13.8. The molecular weight excluding hydrogens is 552 g/mol. The Morgan fingerprint density at radius 1 is 1.16 bits per heavy atom. The van der Waals surface area contributed by atoms with Crippen LogP contribution in [0.4, 0.5) is 0 Å². The summed E-state index contributed by atoms with van der Waals surface area (Å²) in [5, 5.41) is 12.9. The highest BCUT2D eigenvalue weighted by molar-refractivity contribution is 5.92. The number of aromatic amines is 1. The number of para-hydroxylation sites is 1. The SMILES string of the molecule is COc1ccc2[nH]cc(CCNC(=O)C3=C[C@@H](c4c(C)n(C)n(-c5ccccc5)c4=O)C[C@@H](OCCOCCO)O3)c2c1. The Hall–Kier alpha value is -4.32. The number of hydrogen-bond acceptors (Lipinski definition) is 7. The molecule has 2 atom stereocenters. The van der Waals surface area contributed by atoms with E-state index in [0.29, 0.717) is 24.9 Å². The summed E-state index contributed by atoms with van der Waals surface area (Å²) in [6, 6.07) is 15.3. The standard InChI is InChI=1S/C32H38N4O7/c1-21-30(32(39)36(35(21)2)24-7-5-4-6-8-24)23-17-28(43-29(18-23)42-16-15-41-14-13-37)31(38)33-12-11-22-20-34-27-10-9-25(40-3)19-26(22)27/h4-10,17,19-20,23,29,34,37H,11-16,18H2,1-3H3,(H,33,38)/t23-,29+/m1/s1. The molecular formula is C32H38N4O7. The lowest BCUT2D eigenvalue weighted by Crippen LogP contribution is -2.35. The summed E-state index contributed by atoms with van der Waals surface area (Å²) < 4.78 is 26.0. The summed E-state index contributed by atoms with van der Waals surface area (Å²) in [6.45, 7) is 2.86. The molecule has 2 aromatic heterocycles. The van der Waals surface area contributed by atoms with Gasteiger partial charge in [-0.05, 0) is 55.3 Å². The summed E-state index contributed by atoms with van der Waals surface area (Å²) in [7, 11) is 3.47. The van der Waals surface area contributed by atoms with Crippen molar-refractivity contribution in [2.45, 2.75) is 32.0 Å². The second-order valence-electron chi connectivity index (χ2n) is 10.3. The first-order valence-corrected chi connectivity index (χ1v) is 14.4.